The Bertz CT molecular complexity index is 707. The molecule has 0 saturated heterocycles. The zero-order chi connectivity index (χ0) is 17.4. The van der Waals surface area contributed by atoms with Gasteiger partial charge in [0.25, 0.3) is 5.91 Å². The maximum atomic E-state index is 12.1. The minimum atomic E-state index is -0.316. The fraction of sp³-hybridized carbons (Fsp3) is 0.235. The lowest BCUT2D eigenvalue weighted by molar-refractivity contribution is -0.120. The van der Waals surface area contributed by atoms with Gasteiger partial charge in [-0.15, -0.1) is 0 Å². The van der Waals surface area contributed by atoms with Gasteiger partial charge in [0.1, 0.15) is 11.5 Å². The molecule has 0 saturated carbocycles. The summed E-state index contributed by atoms with van der Waals surface area (Å²) in [5.74, 6) is 1.12. The van der Waals surface area contributed by atoms with Crippen LogP contribution in [-0.4, -0.2) is 36.6 Å². The van der Waals surface area contributed by atoms with Crippen LogP contribution in [0.5, 0.6) is 11.5 Å². The highest BCUT2D eigenvalue weighted by Gasteiger charge is 2.14. The number of amides is 1. The largest absolute Gasteiger partial charge is 0.497 e. The number of pyridine rings is 1. The zero-order valence-electron chi connectivity index (χ0n) is 13.7. The van der Waals surface area contributed by atoms with Gasteiger partial charge in [-0.1, -0.05) is 17.8 Å². The van der Waals surface area contributed by atoms with E-state index in [0.29, 0.717) is 17.1 Å². The Morgan fingerprint density at radius 1 is 1.29 bits per heavy atom. The van der Waals surface area contributed by atoms with Crippen LogP contribution in [0.4, 0.5) is 0 Å². The van der Waals surface area contributed by atoms with Gasteiger partial charge in [-0.2, -0.15) is 5.10 Å². The van der Waals surface area contributed by atoms with Crippen molar-refractivity contribution in [3.05, 3.63) is 48.2 Å². The molecule has 0 aliphatic heterocycles. The molecule has 1 amide bonds. The molecular formula is C17H19N3O3S. The highest BCUT2D eigenvalue weighted by molar-refractivity contribution is 8.00. The maximum absolute atomic E-state index is 12.1. The highest BCUT2D eigenvalue weighted by Crippen LogP contribution is 2.22. The van der Waals surface area contributed by atoms with Crippen LogP contribution in [0.15, 0.2) is 52.7 Å². The monoisotopic (exact) mass is 345 g/mol. The van der Waals surface area contributed by atoms with E-state index in [-0.39, 0.29) is 11.2 Å². The summed E-state index contributed by atoms with van der Waals surface area (Å²) in [5, 5.41) is 4.47. The van der Waals surface area contributed by atoms with Crippen LogP contribution in [0.3, 0.4) is 0 Å². The average Bonchev–Trinajstić information content (AvgIpc) is 2.62. The standard InChI is InChI=1S/C17H19N3O3S/c1-12(24-16-6-4-5-9-18-16)17(21)20-19-11-13-10-14(22-2)7-8-15(13)23-3/h4-12H,1-3H3,(H,20,21)/b19-11-/t12-/m0/s1. The number of aromatic nitrogens is 1. The van der Waals surface area contributed by atoms with Crippen LogP contribution in [0.2, 0.25) is 0 Å². The van der Waals surface area contributed by atoms with Gasteiger partial charge in [-0.05, 0) is 37.3 Å². The Balaban J connectivity index is 1.96. The summed E-state index contributed by atoms with van der Waals surface area (Å²) in [6.07, 6.45) is 3.22. The SMILES string of the molecule is COc1ccc(OC)c(/C=N\NC(=O)[C@H](C)Sc2ccccn2)c1. The minimum Gasteiger partial charge on any atom is -0.497 e. The fourth-order valence-electron chi connectivity index (χ4n) is 1.85. The molecule has 2 aromatic rings. The van der Waals surface area contributed by atoms with Gasteiger partial charge in [-0.25, -0.2) is 10.4 Å². The maximum Gasteiger partial charge on any atom is 0.253 e. The number of rotatable bonds is 7. The Morgan fingerprint density at radius 2 is 2.12 bits per heavy atom. The molecular weight excluding hydrogens is 326 g/mol. The lowest BCUT2D eigenvalue weighted by atomic mass is 10.2. The smallest absolute Gasteiger partial charge is 0.253 e. The first-order valence-electron chi connectivity index (χ1n) is 7.26. The fourth-order valence-corrected chi connectivity index (χ4v) is 2.65. The zero-order valence-corrected chi connectivity index (χ0v) is 14.5. The molecule has 0 aliphatic carbocycles. The van der Waals surface area contributed by atoms with Crippen LogP contribution < -0.4 is 14.9 Å². The number of carbonyl (C=O) groups excluding carboxylic acids is 1. The van der Waals surface area contributed by atoms with E-state index < -0.39 is 0 Å². The number of hydrazone groups is 1. The number of thioether (sulfide) groups is 1. The van der Waals surface area contributed by atoms with Crippen molar-refractivity contribution in [2.45, 2.75) is 17.2 Å². The summed E-state index contributed by atoms with van der Waals surface area (Å²) in [7, 11) is 3.16. The predicted molar refractivity (Wildman–Crippen MR) is 94.8 cm³/mol. The van der Waals surface area contributed by atoms with Crippen LogP contribution in [0, 0.1) is 0 Å². The lowest BCUT2D eigenvalue weighted by Crippen LogP contribution is -2.26. The third-order valence-electron chi connectivity index (χ3n) is 3.12. The third-order valence-corrected chi connectivity index (χ3v) is 4.17. The molecule has 2 rings (SSSR count). The van der Waals surface area contributed by atoms with Crippen molar-refractivity contribution in [2.75, 3.05) is 14.2 Å². The summed E-state index contributed by atoms with van der Waals surface area (Å²) in [6, 6.07) is 10.9. The Hall–Kier alpha value is -2.54. The van der Waals surface area contributed by atoms with E-state index in [2.05, 4.69) is 15.5 Å². The number of hydrogen-bond donors (Lipinski definition) is 1. The van der Waals surface area contributed by atoms with Gasteiger partial charge in [0.2, 0.25) is 0 Å². The third kappa shape index (κ3) is 4.99. The molecule has 126 valence electrons. The summed E-state index contributed by atoms with van der Waals surface area (Å²) in [6.45, 7) is 1.80. The number of nitrogens with zero attached hydrogens (tertiary/aromatic N) is 2. The second-order valence-corrected chi connectivity index (χ2v) is 6.13. The number of benzene rings is 1. The Kier molecular flexibility index (Phi) is 6.62. The van der Waals surface area contributed by atoms with Gasteiger partial charge in [0, 0.05) is 11.8 Å². The van der Waals surface area contributed by atoms with Crippen molar-refractivity contribution in [1.29, 1.82) is 0 Å². The molecule has 0 bridgehead atoms. The van der Waals surface area contributed by atoms with Crippen molar-refractivity contribution in [3.63, 3.8) is 0 Å². The first kappa shape index (κ1) is 17.8. The molecule has 1 N–H and O–H groups in total. The molecule has 0 unspecified atom stereocenters. The van der Waals surface area contributed by atoms with Gasteiger partial charge in [-0.3, -0.25) is 4.79 Å². The number of nitrogens with one attached hydrogen (secondary N) is 1. The molecule has 1 aromatic heterocycles. The molecule has 1 aromatic carbocycles. The topological polar surface area (TPSA) is 72.8 Å². The van der Waals surface area contributed by atoms with Crippen molar-refractivity contribution >= 4 is 23.9 Å². The van der Waals surface area contributed by atoms with E-state index in [1.165, 1.54) is 18.0 Å². The van der Waals surface area contributed by atoms with E-state index >= 15 is 0 Å². The summed E-state index contributed by atoms with van der Waals surface area (Å²) in [5.41, 5.74) is 3.24. The molecule has 0 aliphatic rings. The number of ether oxygens (including phenoxy) is 2. The van der Waals surface area contributed by atoms with Crippen molar-refractivity contribution in [3.8, 4) is 11.5 Å². The van der Waals surface area contributed by atoms with E-state index in [0.717, 1.165) is 5.03 Å². The number of hydrogen-bond acceptors (Lipinski definition) is 6. The second-order valence-electron chi connectivity index (χ2n) is 4.77. The second kappa shape index (κ2) is 8.93. The van der Waals surface area contributed by atoms with Gasteiger partial charge < -0.3 is 9.47 Å². The van der Waals surface area contributed by atoms with Crippen LogP contribution >= 0.6 is 11.8 Å². The molecule has 1 atom stereocenters. The molecule has 0 fully saturated rings. The predicted octanol–water partition coefficient (Wildman–Crippen LogP) is 2.73. The molecule has 1 heterocycles. The molecule has 24 heavy (non-hydrogen) atoms. The summed E-state index contributed by atoms with van der Waals surface area (Å²) < 4.78 is 10.4. The van der Waals surface area contributed by atoms with E-state index in [1.54, 1.807) is 45.5 Å². The minimum absolute atomic E-state index is 0.205. The van der Waals surface area contributed by atoms with Gasteiger partial charge >= 0.3 is 0 Å². The summed E-state index contributed by atoms with van der Waals surface area (Å²) >= 11 is 1.37. The van der Waals surface area contributed by atoms with Gasteiger partial charge in [0.05, 0.1) is 30.7 Å². The summed E-state index contributed by atoms with van der Waals surface area (Å²) in [4.78, 5) is 16.3. The van der Waals surface area contributed by atoms with Crippen molar-refractivity contribution < 1.29 is 14.3 Å². The van der Waals surface area contributed by atoms with E-state index in [1.807, 2.05) is 18.2 Å². The Labute approximate surface area is 145 Å². The van der Waals surface area contributed by atoms with E-state index in [4.69, 9.17) is 9.47 Å². The Morgan fingerprint density at radius 3 is 2.79 bits per heavy atom. The van der Waals surface area contributed by atoms with Crippen molar-refractivity contribution in [1.82, 2.24) is 10.4 Å². The first-order valence-corrected chi connectivity index (χ1v) is 8.14. The molecule has 0 radical (unpaired) electrons. The van der Waals surface area contributed by atoms with Crippen LogP contribution in [0.25, 0.3) is 0 Å². The number of methoxy groups -OCH3 is 2. The van der Waals surface area contributed by atoms with Crippen LogP contribution in [0.1, 0.15) is 12.5 Å². The van der Waals surface area contributed by atoms with E-state index in [9.17, 15) is 4.79 Å². The quantitative estimate of drug-likeness (QED) is 0.474. The van der Waals surface area contributed by atoms with Crippen LogP contribution in [-0.2, 0) is 4.79 Å². The highest BCUT2D eigenvalue weighted by atomic mass is 32.2. The lowest BCUT2D eigenvalue weighted by Gasteiger charge is -2.09. The normalized spacial score (nSPS) is 12.0. The van der Waals surface area contributed by atoms with Gasteiger partial charge in [0.15, 0.2) is 0 Å². The molecule has 0 spiro atoms. The molecule has 6 nitrogen and oxygen atoms in total. The first-order chi connectivity index (χ1) is 11.6. The average molecular weight is 345 g/mol. The number of carbonyl (C=O) groups is 1. The molecule has 7 heteroatoms. The van der Waals surface area contributed by atoms with Crippen molar-refractivity contribution in [2.24, 2.45) is 5.10 Å².